The predicted molar refractivity (Wildman–Crippen MR) is 34.4 cm³/mol. The fourth-order valence-corrected chi connectivity index (χ4v) is 0.747. The summed E-state index contributed by atoms with van der Waals surface area (Å²) in [7, 11) is 0. The Bertz CT molecular complexity index is 311. The van der Waals surface area contributed by atoms with E-state index in [-0.39, 0.29) is 0 Å². The van der Waals surface area contributed by atoms with Gasteiger partial charge in [-0.2, -0.15) is 0 Å². The van der Waals surface area contributed by atoms with Crippen LogP contribution < -0.4 is 16.0 Å². The van der Waals surface area contributed by atoms with E-state index in [0.29, 0.717) is 0 Å². The fraction of sp³-hybridized carbons (Fsp3) is 0. The van der Waals surface area contributed by atoms with Crippen LogP contribution in [-0.2, 0) is 4.84 Å². The minimum Gasteiger partial charge on any atom is -0.388 e. The summed E-state index contributed by atoms with van der Waals surface area (Å²) < 4.78 is 0. The topological polar surface area (TPSA) is 47.0 Å². The second-order valence-corrected chi connectivity index (χ2v) is 1.86. The second kappa shape index (κ2) is 1.98. The Morgan fingerprint density at radius 2 is 2.50 bits per heavy atom. The number of hydrogen-bond acceptors (Lipinski definition) is 4. The Hall–Kier alpha value is -1.58. The Labute approximate surface area is 56.8 Å². The summed E-state index contributed by atoms with van der Waals surface area (Å²) >= 11 is 0. The van der Waals surface area contributed by atoms with E-state index in [1.807, 2.05) is 0 Å². The molecule has 0 saturated carbocycles. The lowest BCUT2D eigenvalue weighted by molar-refractivity contribution is 0.228. The molecule has 10 heavy (non-hydrogen) atoms. The van der Waals surface area contributed by atoms with Gasteiger partial charge in [0.05, 0.1) is 0 Å². The van der Waals surface area contributed by atoms with Crippen molar-refractivity contribution in [2.45, 2.75) is 0 Å². The number of nitrogens with one attached hydrogen (secondary N) is 1. The summed E-state index contributed by atoms with van der Waals surface area (Å²) in [5.74, 6) is 0. The van der Waals surface area contributed by atoms with Gasteiger partial charge < -0.3 is 4.84 Å². The quantitative estimate of drug-likeness (QED) is 0.469. The van der Waals surface area contributed by atoms with Crippen LogP contribution in [0.25, 0.3) is 12.5 Å². The SMILES string of the molecule is C1=c2cncnc2=CON1. The molecule has 4 nitrogen and oxygen atoms in total. The monoisotopic (exact) mass is 135 g/mol. The summed E-state index contributed by atoms with van der Waals surface area (Å²) in [5, 5.41) is 1.74. The summed E-state index contributed by atoms with van der Waals surface area (Å²) in [5.41, 5.74) is 2.58. The molecule has 1 N–H and O–H groups in total. The first-order valence-corrected chi connectivity index (χ1v) is 2.84. The van der Waals surface area contributed by atoms with E-state index < -0.39 is 0 Å². The molecule has 1 aromatic heterocycles. The number of fused-ring (bicyclic) bond motifs is 1. The van der Waals surface area contributed by atoms with Crippen molar-refractivity contribution in [1.82, 2.24) is 15.4 Å². The average molecular weight is 135 g/mol. The largest absolute Gasteiger partial charge is 0.388 e. The Morgan fingerprint density at radius 3 is 3.40 bits per heavy atom. The molecule has 0 saturated heterocycles. The van der Waals surface area contributed by atoms with Gasteiger partial charge in [0.25, 0.3) is 0 Å². The molecule has 0 spiro atoms. The van der Waals surface area contributed by atoms with Crippen LogP contribution in [-0.4, -0.2) is 9.97 Å². The van der Waals surface area contributed by atoms with Gasteiger partial charge in [0.1, 0.15) is 17.9 Å². The van der Waals surface area contributed by atoms with Crippen molar-refractivity contribution in [3.63, 3.8) is 0 Å². The highest BCUT2D eigenvalue weighted by Gasteiger charge is 1.90. The number of nitrogens with zero attached hydrogens (tertiary/aromatic N) is 2. The molecule has 0 aromatic carbocycles. The molecule has 2 heterocycles. The molecule has 0 unspecified atom stereocenters. The highest BCUT2D eigenvalue weighted by molar-refractivity contribution is 5.24. The Morgan fingerprint density at radius 1 is 1.50 bits per heavy atom. The maximum absolute atomic E-state index is 4.78. The van der Waals surface area contributed by atoms with E-state index in [0.717, 1.165) is 10.6 Å². The maximum atomic E-state index is 4.78. The average Bonchev–Trinajstić information content (AvgIpc) is 2.05. The third kappa shape index (κ3) is 0.699. The number of rotatable bonds is 0. The van der Waals surface area contributed by atoms with Crippen molar-refractivity contribution in [2.75, 3.05) is 0 Å². The summed E-state index contributed by atoms with van der Waals surface area (Å²) in [4.78, 5) is 12.6. The summed E-state index contributed by atoms with van der Waals surface area (Å²) in [6.45, 7) is 0. The number of hydroxylamine groups is 1. The first kappa shape index (κ1) is 5.22. The van der Waals surface area contributed by atoms with E-state index in [1.165, 1.54) is 12.6 Å². The highest BCUT2D eigenvalue weighted by Crippen LogP contribution is 1.70. The van der Waals surface area contributed by atoms with Gasteiger partial charge in [-0.25, -0.2) is 15.4 Å². The van der Waals surface area contributed by atoms with E-state index in [2.05, 4.69) is 15.4 Å². The van der Waals surface area contributed by atoms with Crippen LogP contribution in [0.1, 0.15) is 0 Å². The van der Waals surface area contributed by atoms with Crippen LogP contribution in [0.2, 0.25) is 0 Å². The van der Waals surface area contributed by atoms with Gasteiger partial charge >= 0.3 is 0 Å². The molecule has 0 bridgehead atoms. The lowest BCUT2D eigenvalue weighted by atomic mass is 10.4. The molecular formula is C6H5N3O. The molecule has 0 amide bonds. The summed E-state index contributed by atoms with van der Waals surface area (Å²) in [6, 6.07) is 0. The van der Waals surface area contributed by atoms with Crippen molar-refractivity contribution in [3.8, 4) is 0 Å². The standard InChI is InChI=1S/C6H5N3O/c1-5-2-9-10-3-6(5)8-4-7-1/h1-4,9H. The van der Waals surface area contributed by atoms with Crippen LogP contribution in [0.4, 0.5) is 0 Å². The Kier molecular flexibility index (Phi) is 1.04. The normalized spacial score (nSPS) is 13.2. The molecule has 0 aliphatic carbocycles. The smallest absolute Gasteiger partial charge is 0.145 e. The third-order valence-corrected chi connectivity index (χ3v) is 1.23. The van der Waals surface area contributed by atoms with Crippen molar-refractivity contribution < 1.29 is 4.84 Å². The third-order valence-electron chi connectivity index (χ3n) is 1.23. The molecule has 1 aliphatic heterocycles. The van der Waals surface area contributed by atoms with E-state index in [1.54, 1.807) is 12.4 Å². The van der Waals surface area contributed by atoms with Crippen LogP contribution in [0, 0.1) is 0 Å². The van der Waals surface area contributed by atoms with Crippen LogP contribution >= 0.6 is 0 Å². The molecular weight excluding hydrogens is 130 g/mol. The molecule has 0 atom stereocenters. The highest BCUT2D eigenvalue weighted by atomic mass is 16.6. The maximum Gasteiger partial charge on any atom is 0.145 e. The summed E-state index contributed by atoms with van der Waals surface area (Å²) in [6.07, 6.45) is 6.44. The Balaban J connectivity index is 2.84. The van der Waals surface area contributed by atoms with Crippen molar-refractivity contribution in [2.24, 2.45) is 0 Å². The van der Waals surface area contributed by atoms with Gasteiger partial charge in [0.15, 0.2) is 0 Å². The molecule has 1 aliphatic rings. The lowest BCUT2D eigenvalue weighted by Crippen LogP contribution is -2.34. The minimum atomic E-state index is 0.800. The first-order valence-electron chi connectivity index (χ1n) is 2.84. The van der Waals surface area contributed by atoms with Gasteiger partial charge in [0, 0.05) is 17.6 Å². The van der Waals surface area contributed by atoms with Crippen molar-refractivity contribution in [1.29, 1.82) is 0 Å². The molecule has 0 fully saturated rings. The first-order chi connectivity index (χ1) is 4.97. The second-order valence-electron chi connectivity index (χ2n) is 1.86. The number of hydrogen-bond donors (Lipinski definition) is 1. The molecule has 50 valence electrons. The van der Waals surface area contributed by atoms with E-state index in [9.17, 15) is 0 Å². The predicted octanol–water partition coefficient (Wildman–Crippen LogP) is -1.51. The zero-order valence-electron chi connectivity index (χ0n) is 5.11. The molecule has 0 radical (unpaired) electrons. The van der Waals surface area contributed by atoms with Crippen LogP contribution in [0.15, 0.2) is 12.5 Å². The number of aromatic nitrogens is 2. The van der Waals surface area contributed by atoms with E-state index >= 15 is 0 Å². The van der Waals surface area contributed by atoms with Gasteiger partial charge in [-0.1, -0.05) is 0 Å². The van der Waals surface area contributed by atoms with Crippen LogP contribution in [0.5, 0.6) is 0 Å². The molecule has 4 heteroatoms. The van der Waals surface area contributed by atoms with Gasteiger partial charge in [0.2, 0.25) is 0 Å². The van der Waals surface area contributed by atoms with E-state index in [4.69, 9.17) is 4.84 Å². The molecule has 1 aromatic rings. The molecule has 2 rings (SSSR count). The van der Waals surface area contributed by atoms with Crippen molar-refractivity contribution >= 4 is 12.5 Å². The van der Waals surface area contributed by atoms with Gasteiger partial charge in [-0.15, -0.1) is 0 Å². The minimum absolute atomic E-state index is 0.800. The fourth-order valence-electron chi connectivity index (χ4n) is 0.747. The lowest BCUT2D eigenvalue weighted by Gasteiger charge is -2.00. The zero-order valence-corrected chi connectivity index (χ0v) is 5.11. The zero-order chi connectivity index (χ0) is 6.81. The van der Waals surface area contributed by atoms with Gasteiger partial charge in [-0.3, -0.25) is 0 Å². The van der Waals surface area contributed by atoms with Gasteiger partial charge in [-0.05, 0) is 0 Å². The van der Waals surface area contributed by atoms with Crippen molar-refractivity contribution in [3.05, 3.63) is 23.1 Å². The van der Waals surface area contributed by atoms with Crippen LogP contribution in [0.3, 0.4) is 0 Å².